The van der Waals surface area contributed by atoms with E-state index in [-0.39, 0.29) is 0 Å². The number of rotatable bonds is 5. The Morgan fingerprint density at radius 1 is 0.943 bits per heavy atom. The number of piperazine rings is 1. The van der Waals surface area contributed by atoms with Crippen LogP contribution in [-0.4, -0.2) is 53.6 Å². The van der Waals surface area contributed by atoms with Gasteiger partial charge >= 0.3 is 0 Å². The Hall–Kier alpha value is -3.27. The summed E-state index contributed by atoms with van der Waals surface area (Å²) in [5.74, 6) is 2.10. The number of nitrogens with zero attached hydrogens (tertiary/aromatic N) is 5. The second kappa shape index (κ2) is 9.41. The van der Waals surface area contributed by atoms with Gasteiger partial charge in [0.05, 0.1) is 16.6 Å². The largest absolute Gasteiger partial charge is 0.492 e. The van der Waals surface area contributed by atoms with E-state index in [0.717, 1.165) is 85.0 Å². The first-order valence-corrected chi connectivity index (χ1v) is 12.8. The molecule has 0 N–H and O–H groups in total. The third kappa shape index (κ3) is 4.09. The van der Waals surface area contributed by atoms with Gasteiger partial charge in [-0.25, -0.2) is 4.98 Å². The Morgan fingerprint density at radius 2 is 1.69 bits per heavy atom. The highest BCUT2D eigenvalue weighted by atomic mass is 35.5. The molecular weight excluding hydrogens is 458 g/mol. The number of hydrogen-bond donors (Lipinski definition) is 0. The molecule has 0 radical (unpaired) electrons. The van der Waals surface area contributed by atoms with Crippen LogP contribution in [0.1, 0.15) is 29.5 Å². The summed E-state index contributed by atoms with van der Waals surface area (Å²) in [6, 6.07) is 18.3. The van der Waals surface area contributed by atoms with Crippen molar-refractivity contribution in [2.75, 3.05) is 44.2 Å². The van der Waals surface area contributed by atoms with E-state index in [1.165, 1.54) is 23.4 Å². The van der Waals surface area contributed by atoms with Gasteiger partial charge in [0.15, 0.2) is 5.65 Å². The van der Waals surface area contributed by atoms with Crippen LogP contribution in [0.25, 0.3) is 16.7 Å². The molecular formula is C28H28ClN5O. The van der Waals surface area contributed by atoms with E-state index in [0.29, 0.717) is 6.61 Å². The van der Waals surface area contributed by atoms with Crippen LogP contribution in [0.4, 0.5) is 5.82 Å². The summed E-state index contributed by atoms with van der Waals surface area (Å²) in [6.07, 6.45) is 4.30. The summed E-state index contributed by atoms with van der Waals surface area (Å²) in [4.78, 5) is 9.90. The number of hydrogen-bond acceptors (Lipinski definition) is 5. The van der Waals surface area contributed by atoms with Crippen molar-refractivity contribution in [3.63, 3.8) is 0 Å². The van der Waals surface area contributed by atoms with Crippen LogP contribution in [0.15, 0.2) is 48.5 Å². The number of benzene rings is 2. The standard InChI is InChI=1S/C28H28ClN5O/c29-20-9-11-21(12-10-20)35-18-17-32-13-15-33(16-14-32)28-23-6-2-1-5-22(23)24(19-30)27-31-25-7-3-4-8-26(25)34(27)28/h3-4,7-12H,1-2,5-6,13-18H2. The molecule has 0 unspecified atom stereocenters. The molecule has 0 amide bonds. The average Bonchev–Trinajstić information content (AvgIpc) is 3.28. The van der Waals surface area contributed by atoms with Gasteiger partial charge in [-0.15, -0.1) is 0 Å². The molecule has 1 aliphatic heterocycles. The molecule has 178 valence electrons. The molecule has 6 nitrogen and oxygen atoms in total. The maximum absolute atomic E-state index is 10.1. The highest BCUT2D eigenvalue weighted by Crippen LogP contribution is 2.37. The lowest BCUT2D eigenvalue weighted by Gasteiger charge is -2.38. The van der Waals surface area contributed by atoms with E-state index < -0.39 is 0 Å². The maximum atomic E-state index is 10.1. The highest BCUT2D eigenvalue weighted by molar-refractivity contribution is 6.30. The molecule has 4 aromatic rings. The monoisotopic (exact) mass is 485 g/mol. The normalized spacial score (nSPS) is 16.4. The van der Waals surface area contributed by atoms with Crippen molar-refractivity contribution in [2.24, 2.45) is 0 Å². The van der Waals surface area contributed by atoms with Crippen molar-refractivity contribution in [2.45, 2.75) is 25.7 Å². The molecule has 2 aromatic heterocycles. The summed E-state index contributed by atoms with van der Waals surface area (Å²) < 4.78 is 8.17. The first kappa shape index (κ1) is 22.2. The number of halogens is 1. The molecule has 1 saturated heterocycles. The zero-order chi connectivity index (χ0) is 23.8. The molecule has 2 aliphatic rings. The molecule has 0 spiro atoms. The van der Waals surface area contributed by atoms with Gasteiger partial charge in [-0.2, -0.15) is 5.26 Å². The third-order valence-corrected chi connectivity index (χ3v) is 7.56. The topological polar surface area (TPSA) is 56.8 Å². The van der Waals surface area contributed by atoms with Crippen LogP contribution >= 0.6 is 11.6 Å². The van der Waals surface area contributed by atoms with Crippen molar-refractivity contribution in [3.05, 3.63) is 70.2 Å². The molecule has 1 fully saturated rings. The Morgan fingerprint density at radius 3 is 2.46 bits per heavy atom. The highest BCUT2D eigenvalue weighted by Gasteiger charge is 2.29. The Labute approximate surface area is 210 Å². The SMILES string of the molecule is N#Cc1c2c(c(N3CCN(CCOc4ccc(Cl)cc4)CC3)n3c1nc1ccccc13)CCCC2. The molecule has 0 saturated carbocycles. The maximum Gasteiger partial charge on any atom is 0.157 e. The van der Waals surface area contributed by atoms with E-state index in [1.807, 2.05) is 36.4 Å². The van der Waals surface area contributed by atoms with Crippen LogP contribution in [0.5, 0.6) is 5.75 Å². The zero-order valence-electron chi connectivity index (χ0n) is 19.7. The van der Waals surface area contributed by atoms with Gasteiger partial charge in [0.1, 0.15) is 24.2 Å². The molecule has 0 bridgehead atoms. The predicted octanol–water partition coefficient (Wildman–Crippen LogP) is 5.09. The molecule has 35 heavy (non-hydrogen) atoms. The summed E-state index contributed by atoms with van der Waals surface area (Å²) in [7, 11) is 0. The molecule has 3 heterocycles. The number of pyridine rings is 1. The first-order chi connectivity index (χ1) is 17.2. The van der Waals surface area contributed by atoms with E-state index in [4.69, 9.17) is 21.3 Å². The van der Waals surface area contributed by atoms with Crippen molar-refractivity contribution in [3.8, 4) is 11.8 Å². The minimum Gasteiger partial charge on any atom is -0.492 e. The van der Waals surface area contributed by atoms with Crippen LogP contribution < -0.4 is 9.64 Å². The van der Waals surface area contributed by atoms with Gasteiger partial charge < -0.3 is 9.64 Å². The van der Waals surface area contributed by atoms with Gasteiger partial charge in [0, 0.05) is 37.7 Å². The second-order valence-electron chi connectivity index (χ2n) is 9.37. The fourth-order valence-corrected chi connectivity index (χ4v) is 5.69. The number of ether oxygens (including phenoxy) is 1. The fourth-order valence-electron chi connectivity index (χ4n) is 5.56. The summed E-state index contributed by atoms with van der Waals surface area (Å²) >= 11 is 5.96. The van der Waals surface area contributed by atoms with E-state index in [1.54, 1.807) is 0 Å². The predicted molar refractivity (Wildman–Crippen MR) is 140 cm³/mol. The Bertz CT molecular complexity index is 1410. The first-order valence-electron chi connectivity index (χ1n) is 12.4. The van der Waals surface area contributed by atoms with Crippen LogP contribution in [0, 0.1) is 11.3 Å². The molecule has 1 aliphatic carbocycles. The number of aromatic nitrogens is 2. The van der Waals surface area contributed by atoms with Gasteiger partial charge in [-0.1, -0.05) is 23.7 Å². The smallest absolute Gasteiger partial charge is 0.157 e. The quantitative estimate of drug-likeness (QED) is 0.394. The van der Waals surface area contributed by atoms with E-state index in [9.17, 15) is 5.26 Å². The van der Waals surface area contributed by atoms with Crippen LogP contribution in [0.2, 0.25) is 5.02 Å². The second-order valence-corrected chi connectivity index (χ2v) is 9.80. The van der Waals surface area contributed by atoms with E-state index >= 15 is 0 Å². The lowest BCUT2D eigenvalue weighted by Crippen LogP contribution is -2.48. The Balaban J connectivity index is 1.27. The molecule has 7 heteroatoms. The lowest BCUT2D eigenvalue weighted by atomic mass is 9.88. The fraction of sp³-hybridized carbons (Fsp3) is 0.357. The summed E-state index contributed by atoms with van der Waals surface area (Å²) in [5.41, 5.74) is 6.17. The number of nitriles is 1. The van der Waals surface area contributed by atoms with Crippen molar-refractivity contribution in [1.82, 2.24) is 14.3 Å². The van der Waals surface area contributed by atoms with Gasteiger partial charge in [0.2, 0.25) is 0 Å². The summed E-state index contributed by atoms with van der Waals surface area (Å²) in [6.45, 7) is 5.40. The Kier molecular flexibility index (Phi) is 5.97. The van der Waals surface area contributed by atoms with Crippen molar-refractivity contribution >= 4 is 34.1 Å². The number of fused-ring (bicyclic) bond motifs is 4. The van der Waals surface area contributed by atoms with E-state index in [2.05, 4.69) is 32.4 Å². The van der Waals surface area contributed by atoms with Crippen LogP contribution in [0.3, 0.4) is 0 Å². The van der Waals surface area contributed by atoms with Gasteiger partial charge in [-0.3, -0.25) is 9.30 Å². The minimum absolute atomic E-state index is 0.657. The van der Waals surface area contributed by atoms with Gasteiger partial charge in [0.25, 0.3) is 0 Å². The lowest BCUT2D eigenvalue weighted by molar-refractivity contribution is 0.200. The molecule has 6 rings (SSSR count). The zero-order valence-corrected chi connectivity index (χ0v) is 20.5. The van der Waals surface area contributed by atoms with Crippen molar-refractivity contribution < 1.29 is 4.74 Å². The summed E-state index contributed by atoms with van der Waals surface area (Å²) in [5, 5.41) is 10.8. The number of imidazole rings is 1. The molecule has 2 aromatic carbocycles. The van der Waals surface area contributed by atoms with Gasteiger partial charge in [-0.05, 0) is 73.2 Å². The molecule has 0 atom stereocenters. The van der Waals surface area contributed by atoms with Crippen molar-refractivity contribution in [1.29, 1.82) is 5.26 Å². The number of anilines is 1. The average molecular weight is 486 g/mol. The number of para-hydroxylation sites is 2. The van der Waals surface area contributed by atoms with Crippen LogP contribution in [-0.2, 0) is 12.8 Å². The third-order valence-electron chi connectivity index (χ3n) is 7.31. The minimum atomic E-state index is 0.657.